The van der Waals surface area contributed by atoms with Gasteiger partial charge in [-0.25, -0.2) is 4.79 Å². The molecule has 13 heteroatoms. The number of carboxylic acids is 3. The molecule has 33 heavy (non-hydrogen) atoms. The number of hydrogen-bond donors (Lipinski definition) is 6. The Hall–Kier alpha value is -3.22. The molecule has 0 saturated carbocycles. The van der Waals surface area contributed by atoms with E-state index in [0.717, 1.165) is 0 Å². The molecular weight excluding hydrogens is 440 g/mol. The van der Waals surface area contributed by atoms with Gasteiger partial charge in [-0.05, 0) is 31.6 Å². The van der Waals surface area contributed by atoms with Crippen molar-refractivity contribution in [2.75, 3.05) is 6.54 Å². The fraction of sp³-hybridized carbons (Fsp3) is 0.700. The Morgan fingerprint density at radius 2 is 1.58 bits per heavy atom. The number of amides is 3. The van der Waals surface area contributed by atoms with Crippen LogP contribution in [0.3, 0.4) is 0 Å². The molecule has 186 valence electrons. The van der Waals surface area contributed by atoms with Gasteiger partial charge in [-0.1, -0.05) is 13.8 Å². The number of carbonyl (C=O) groups is 6. The first kappa shape index (κ1) is 27.8. The highest BCUT2D eigenvalue weighted by Crippen LogP contribution is 2.20. The van der Waals surface area contributed by atoms with E-state index in [4.69, 9.17) is 15.9 Å². The van der Waals surface area contributed by atoms with Crippen molar-refractivity contribution in [3.8, 4) is 0 Å². The molecule has 1 fully saturated rings. The highest BCUT2D eigenvalue weighted by atomic mass is 16.4. The molecule has 0 aromatic heterocycles. The van der Waals surface area contributed by atoms with Gasteiger partial charge in [0.05, 0.1) is 12.5 Å². The second-order valence-electron chi connectivity index (χ2n) is 8.42. The number of rotatable bonds is 13. The fourth-order valence-corrected chi connectivity index (χ4v) is 3.53. The minimum Gasteiger partial charge on any atom is -0.481 e. The van der Waals surface area contributed by atoms with E-state index in [0.29, 0.717) is 6.42 Å². The van der Waals surface area contributed by atoms with Crippen molar-refractivity contribution in [2.24, 2.45) is 11.7 Å². The molecule has 1 aliphatic rings. The Morgan fingerprint density at radius 1 is 0.970 bits per heavy atom. The molecule has 1 heterocycles. The SMILES string of the molecule is CC(C)C[C@H](NC(=O)[C@H](CC(=O)O)NC(=O)[C@@H](N)CCC(=O)O)C(=O)N1CCC[C@H]1C(=O)O. The molecule has 0 aromatic rings. The van der Waals surface area contributed by atoms with Crippen LogP contribution in [0.5, 0.6) is 0 Å². The van der Waals surface area contributed by atoms with Gasteiger partial charge in [0.2, 0.25) is 17.7 Å². The minimum atomic E-state index is -1.57. The van der Waals surface area contributed by atoms with Gasteiger partial charge in [0.1, 0.15) is 18.1 Å². The van der Waals surface area contributed by atoms with Gasteiger partial charge in [-0.3, -0.25) is 24.0 Å². The lowest BCUT2D eigenvalue weighted by Crippen LogP contribution is -2.57. The molecule has 1 rings (SSSR count). The van der Waals surface area contributed by atoms with E-state index >= 15 is 0 Å². The molecule has 0 bridgehead atoms. The molecule has 3 amide bonds. The summed E-state index contributed by atoms with van der Waals surface area (Å²) in [6.45, 7) is 3.81. The lowest BCUT2D eigenvalue weighted by atomic mass is 10.0. The molecule has 0 unspecified atom stereocenters. The molecule has 0 radical (unpaired) electrons. The number of aliphatic carboxylic acids is 3. The smallest absolute Gasteiger partial charge is 0.326 e. The Balaban J connectivity index is 2.97. The van der Waals surface area contributed by atoms with Crippen molar-refractivity contribution in [3.63, 3.8) is 0 Å². The van der Waals surface area contributed by atoms with Crippen LogP contribution in [0.25, 0.3) is 0 Å². The van der Waals surface area contributed by atoms with E-state index in [9.17, 15) is 33.9 Å². The molecule has 0 aliphatic carbocycles. The van der Waals surface area contributed by atoms with E-state index in [2.05, 4.69) is 10.6 Å². The Bertz CT molecular complexity index is 771. The molecule has 4 atom stereocenters. The first-order valence-electron chi connectivity index (χ1n) is 10.7. The average molecular weight is 472 g/mol. The number of hydrogen-bond acceptors (Lipinski definition) is 7. The van der Waals surface area contributed by atoms with E-state index < -0.39 is 72.6 Å². The second-order valence-corrected chi connectivity index (χ2v) is 8.42. The van der Waals surface area contributed by atoms with Gasteiger partial charge < -0.3 is 36.6 Å². The van der Waals surface area contributed by atoms with Crippen LogP contribution in [-0.4, -0.2) is 86.6 Å². The van der Waals surface area contributed by atoms with Gasteiger partial charge in [0.25, 0.3) is 0 Å². The number of nitrogens with one attached hydrogen (secondary N) is 2. The zero-order valence-corrected chi connectivity index (χ0v) is 18.7. The molecule has 1 aliphatic heterocycles. The average Bonchev–Trinajstić information content (AvgIpc) is 3.19. The number of likely N-dealkylation sites (tertiary alicyclic amines) is 1. The summed E-state index contributed by atoms with van der Waals surface area (Å²) in [7, 11) is 0. The van der Waals surface area contributed by atoms with Crippen molar-refractivity contribution in [3.05, 3.63) is 0 Å². The number of carbonyl (C=O) groups excluding carboxylic acids is 3. The topological polar surface area (TPSA) is 216 Å². The summed E-state index contributed by atoms with van der Waals surface area (Å²) < 4.78 is 0. The maximum atomic E-state index is 13.0. The first-order valence-corrected chi connectivity index (χ1v) is 10.7. The predicted molar refractivity (Wildman–Crippen MR) is 113 cm³/mol. The highest BCUT2D eigenvalue weighted by Gasteiger charge is 2.38. The summed E-state index contributed by atoms with van der Waals surface area (Å²) in [4.78, 5) is 72.6. The van der Waals surface area contributed by atoms with Crippen LogP contribution in [0, 0.1) is 5.92 Å². The van der Waals surface area contributed by atoms with E-state index in [1.807, 2.05) is 0 Å². The molecule has 13 nitrogen and oxygen atoms in total. The third-order valence-corrected chi connectivity index (χ3v) is 5.16. The van der Waals surface area contributed by atoms with E-state index in [1.165, 1.54) is 4.90 Å². The lowest BCUT2D eigenvalue weighted by molar-refractivity contribution is -0.150. The monoisotopic (exact) mass is 472 g/mol. The summed E-state index contributed by atoms with van der Waals surface area (Å²) in [6, 6.07) is -4.97. The Kier molecular flexibility index (Phi) is 10.7. The minimum absolute atomic E-state index is 0.0675. The molecule has 7 N–H and O–H groups in total. The zero-order chi connectivity index (χ0) is 25.3. The van der Waals surface area contributed by atoms with Crippen LogP contribution in [0.2, 0.25) is 0 Å². The van der Waals surface area contributed by atoms with Gasteiger partial charge in [0, 0.05) is 13.0 Å². The first-order chi connectivity index (χ1) is 15.3. The van der Waals surface area contributed by atoms with Crippen LogP contribution in [0.1, 0.15) is 52.4 Å². The number of nitrogens with zero attached hydrogens (tertiary/aromatic N) is 1. The van der Waals surface area contributed by atoms with Gasteiger partial charge in [-0.2, -0.15) is 0 Å². The molecule has 1 saturated heterocycles. The summed E-state index contributed by atoms with van der Waals surface area (Å²) in [5, 5.41) is 31.8. The Labute approximate surface area is 190 Å². The lowest BCUT2D eigenvalue weighted by Gasteiger charge is -2.29. The fourth-order valence-electron chi connectivity index (χ4n) is 3.53. The third kappa shape index (κ3) is 9.04. The summed E-state index contributed by atoms with van der Waals surface area (Å²) >= 11 is 0. The quantitative estimate of drug-likeness (QED) is 0.187. The van der Waals surface area contributed by atoms with Crippen molar-refractivity contribution < 1.29 is 44.1 Å². The van der Waals surface area contributed by atoms with E-state index in [-0.39, 0.29) is 31.7 Å². The predicted octanol–water partition coefficient (Wildman–Crippen LogP) is -1.26. The molecule has 0 spiro atoms. The van der Waals surface area contributed by atoms with Gasteiger partial charge in [-0.15, -0.1) is 0 Å². The Morgan fingerprint density at radius 3 is 2.09 bits per heavy atom. The summed E-state index contributed by atoms with van der Waals surface area (Å²) in [6.07, 6.45) is -0.461. The van der Waals surface area contributed by atoms with Crippen LogP contribution >= 0.6 is 0 Å². The summed E-state index contributed by atoms with van der Waals surface area (Å²) in [5.41, 5.74) is 5.62. The highest BCUT2D eigenvalue weighted by molar-refractivity contribution is 5.95. The summed E-state index contributed by atoms with van der Waals surface area (Å²) in [5.74, 6) is -6.23. The number of carboxylic acid groups (broad SMARTS) is 3. The van der Waals surface area contributed by atoms with Crippen molar-refractivity contribution in [1.29, 1.82) is 0 Å². The molecule has 0 aromatic carbocycles. The standard InChI is InChI=1S/C20H32N4O9/c1-10(2)8-13(19(31)24-7-3-4-14(24)20(32)33)23-18(30)12(9-16(27)28)22-17(29)11(21)5-6-15(25)26/h10-14H,3-9,21H2,1-2H3,(H,22,29)(H,23,30)(H,25,26)(H,27,28)(H,32,33)/t11-,12-,13-,14-/m0/s1. The van der Waals surface area contributed by atoms with Crippen LogP contribution < -0.4 is 16.4 Å². The van der Waals surface area contributed by atoms with Crippen LogP contribution in [0.15, 0.2) is 0 Å². The zero-order valence-electron chi connectivity index (χ0n) is 18.7. The third-order valence-electron chi connectivity index (χ3n) is 5.16. The second kappa shape index (κ2) is 12.7. The van der Waals surface area contributed by atoms with Crippen LogP contribution in [-0.2, 0) is 28.8 Å². The van der Waals surface area contributed by atoms with Crippen molar-refractivity contribution in [1.82, 2.24) is 15.5 Å². The number of nitrogens with two attached hydrogens (primary N) is 1. The van der Waals surface area contributed by atoms with Crippen molar-refractivity contribution in [2.45, 2.75) is 76.5 Å². The maximum absolute atomic E-state index is 13.0. The largest absolute Gasteiger partial charge is 0.481 e. The van der Waals surface area contributed by atoms with Crippen LogP contribution in [0.4, 0.5) is 0 Å². The van der Waals surface area contributed by atoms with E-state index in [1.54, 1.807) is 13.8 Å². The normalized spacial score (nSPS) is 18.3. The van der Waals surface area contributed by atoms with Gasteiger partial charge in [0.15, 0.2) is 0 Å². The van der Waals surface area contributed by atoms with Crippen molar-refractivity contribution >= 4 is 35.6 Å². The maximum Gasteiger partial charge on any atom is 0.326 e. The van der Waals surface area contributed by atoms with Gasteiger partial charge >= 0.3 is 17.9 Å². The molecular formula is C20H32N4O9.